The van der Waals surface area contributed by atoms with E-state index >= 15 is 0 Å². The van der Waals surface area contributed by atoms with Gasteiger partial charge >= 0.3 is 5.97 Å². The molecule has 0 bridgehead atoms. The Balaban J connectivity index is 1.83. The van der Waals surface area contributed by atoms with Crippen LogP contribution in [0.5, 0.6) is 0 Å². The first-order valence-electron chi connectivity index (χ1n) is 13.3. The second kappa shape index (κ2) is 12.0. The van der Waals surface area contributed by atoms with Crippen LogP contribution in [-0.2, 0) is 19.1 Å². The summed E-state index contributed by atoms with van der Waals surface area (Å²) in [4.78, 5) is 62.8. The van der Waals surface area contributed by atoms with E-state index < -0.39 is 35.4 Å². The van der Waals surface area contributed by atoms with Crippen LogP contribution in [0.15, 0.2) is 18.6 Å². The van der Waals surface area contributed by atoms with Gasteiger partial charge in [-0.2, -0.15) is 0 Å². The zero-order valence-corrected chi connectivity index (χ0v) is 22.8. The molecule has 2 fully saturated rings. The van der Waals surface area contributed by atoms with Gasteiger partial charge in [0.05, 0.1) is 12.8 Å². The van der Waals surface area contributed by atoms with Gasteiger partial charge < -0.3 is 20.3 Å². The summed E-state index contributed by atoms with van der Waals surface area (Å²) in [5.74, 6) is -1.50. The van der Waals surface area contributed by atoms with Crippen molar-refractivity contribution in [3.05, 3.63) is 24.3 Å². The van der Waals surface area contributed by atoms with Crippen LogP contribution < -0.4 is 10.6 Å². The van der Waals surface area contributed by atoms with Crippen LogP contribution in [0.25, 0.3) is 0 Å². The van der Waals surface area contributed by atoms with E-state index in [1.807, 2.05) is 34.6 Å². The molecule has 1 aromatic heterocycles. The summed E-state index contributed by atoms with van der Waals surface area (Å²) in [5.41, 5.74) is -0.536. The number of esters is 1. The first kappa shape index (κ1) is 28.5. The second-order valence-corrected chi connectivity index (χ2v) is 11.3. The molecule has 37 heavy (non-hydrogen) atoms. The first-order valence-corrected chi connectivity index (χ1v) is 13.3. The highest BCUT2D eigenvalue weighted by Crippen LogP contribution is 2.43. The summed E-state index contributed by atoms with van der Waals surface area (Å²) < 4.78 is 5.35. The van der Waals surface area contributed by atoms with Gasteiger partial charge in [0.25, 0.3) is 5.91 Å². The van der Waals surface area contributed by atoms with Gasteiger partial charge in [-0.15, -0.1) is 0 Å². The number of nitrogens with zero attached hydrogens (tertiary/aromatic N) is 3. The average Bonchev–Trinajstić information content (AvgIpc) is 3.46. The van der Waals surface area contributed by atoms with Crippen LogP contribution in [0.4, 0.5) is 0 Å². The van der Waals surface area contributed by atoms with Crippen molar-refractivity contribution in [2.24, 2.45) is 23.2 Å². The molecule has 1 aliphatic carbocycles. The molecule has 3 amide bonds. The van der Waals surface area contributed by atoms with Gasteiger partial charge in [0.15, 0.2) is 0 Å². The summed E-state index contributed by atoms with van der Waals surface area (Å²) in [5, 5.41) is 5.70. The maximum Gasteiger partial charge on any atom is 0.329 e. The molecule has 2 heterocycles. The summed E-state index contributed by atoms with van der Waals surface area (Å²) in [7, 11) is 0. The zero-order valence-electron chi connectivity index (χ0n) is 22.8. The van der Waals surface area contributed by atoms with Crippen molar-refractivity contribution >= 4 is 23.7 Å². The Labute approximate surface area is 219 Å². The van der Waals surface area contributed by atoms with Crippen LogP contribution in [0, 0.1) is 23.2 Å². The molecule has 1 aliphatic heterocycles. The van der Waals surface area contributed by atoms with E-state index in [0.29, 0.717) is 13.0 Å². The fraction of sp³-hybridized carbons (Fsp3) is 0.704. The molecule has 10 heteroatoms. The lowest BCUT2D eigenvalue weighted by molar-refractivity contribution is -0.156. The largest absolute Gasteiger partial charge is 0.464 e. The molecule has 0 radical (unpaired) electrons. The van der Waals surface area contributed by atoms with Crippen LogP contribution >= 0.6 is 0 Å². The monoisotopic (exact) mass is 515 g/mol. The topological polar surface area (TPSA) is 131 Å². The number of rotatable bonds is 9. The maximum absolute atomic E-state index is 14.0. The molecule has 2 unspecified atom stereocenters. The number of carbonyl (C=O) groups excluding carboxylic acids is 4. The van der Waals surface area contributed by atoms with Crippen molar-refractivity contribution < 1.29 is 23.9 Å². The highest BCUT2D eigenvalue weighted by atomic mass is 16.5. The Morgan fingerprint density at radius 1 is 1.14 bits per heavy atom. The molecule has 6 atom stereocenters. The molecule has 1 saturated heterocycles. The third kappa shape index (κ3) is 6.45. The smallest absolute Gasteiger partial charge is 0.329 e. The molecule has 204 valence electrons. The van der Waals surface area contributed by atoms with Crippen molar-refractivity contribution in [1.29, 1.82) is 0 Å². The third-order valence-corrected chi connectivity index (χ3v) is 7.68. The molecule has 3 rings (SSSR count). The van der Waals surface area contributed by atoms with E-state index in [2.05, 4.69) is 20.6 Å². The summed E-state index contributed by atoms with van der Waals surface area (Å²) in [6, 6.07) is -2.41. The number of hydrogen-bond acceptors (Lipinski definition) is 7. The van der Waals surface area contributed by atoms with E-state index in [9.17, 15) is 19.2 Å². The molecular formula is C27H41N5O5. The van der Waals surface area contributed by atoms with Crippen LogP contribution in [0.1, 0.15) is 77.7 Å². The highest BCUT2D eigenvalue weighted by Gasteiger charge is 2.52. The molecule has 0 aromatic carbocycles. The summed E-state index contributed by atoms with van der Waals surface area (Å²) >= 11 is 0. The molecule has 1 aromatic rings. The lowest BCUT2D eigenvalue weighted by Crippen LogP contribution is -2.61. The van der Waals surface area contributed by atoms with Gasteiger partial charge in [-0.1, -0.05) is 47.5 Å². The molecule has 10 nitrogen and oxygen atoms in total. The maximum atomic E-state index is 14.0. The van der Waals surface area contributed by atoms with Crippen molar-refractivity contribution in [2.45, 2.75) is 85.4 Å². The lowest BCUT2D eigenvalue weighted by Gasteiger charge is -2.37. The van der Waals surface area contributed by atoms with Gasteiger partial charge in [-0.3, -0.25) is 19.4 Å². The number of amides is 3. The highest BCUT2D eigenvalue weighted by molar-refractivity contribution is 5.97. The fourth-order valence-electron chi connectivity index (χ4n) is 5.44. The second-order valence-electron chi connectivity index (χ2n) is 11.3. The number of fused-ring (bicyclic) bond motifs is 1. The third-order valence-electron chi connectivity index (χ3n) is 7.68. The van der Waals surface area contributed by atoms with Crippen molar-refractivity contribution in [1.82, 2.24) is 25.5 Å². The lowest BCUT2D eigenvalue weighted by atomic mass is 9.84. The van der Waals surface area contributed by atoms with Crippen LogP contribution in [0.2, 0.25) is 0 Å². The number of nitrogens with one attached hydrogen (secondary N) is 2. The minimum absolute atomic E-state index is 0.0819. The van der Waals surface area contributed by atoms with Crippen LogP contribution in [-0.4, -0.2) is 69.8 Å². The number of carbonyl (C=O) groups is 4. The van der Waals surface area contributed by atoms with E-state index in [-0.39, 0.29) is 41.9 Å². The zero-order chi connectivity index (χ0) is 27.3. The summed E-state index contributed by atoms with van der Waals surface area (Å²) in [6.07, 6.45) is 7.73. The van der Waals surface area contributed by atoms with Gasteiger partial charge in [-0.25, -0.2) is 9.78 Å². The van der Waals surface area contributed by atoms with Crippen LogP contribution in [0.3, 0.4) is 0 Å². The molecule has 2 aliphatic rings. The predicted octanol–water partition coefficient (Wildman–Crippen LogP) is 2.34. The Morgan fingerprint density at radius 3 is 2.46 bits per heavy atom. The number of aromatic nitrogens is 2. The Kier molecular flexibility index (Phi) is 9.26. The normalized spacial score (nSPS) is 23.5. The van der Waals surface area contributed by atoms with Crippen molar-refractivity contribution in [2.75, 3.05) is 13.2 Å². The number of ether oxygens (including phenoxy) is 1. The Hall–Kier alpha value is -3.04. The predicted molar refractivity (Wildman–Crippen MR) is 137 cm³/mol. The fourth-order valence-corrected chi connectivity index (χ4v) is 5.44. The molecular weight excluding hydrogens is 474 g/mol. The van der Waals surface area contributed by atoms with E-state index in [1.165, 1.54) is 18.6 Å². The quantitative estimate of drug-likeness (QED) is 0.483. The van der Waals surface area contributed by atoms with E-state index in [1.54, 1.807) is 11.8 Å². The van der Waals surface area contributed by atoms with Gasteiger partial charge in [0.1, 0.15) is 23.8 Å². The van der Waals surface area contributed by atoms with Crippen molar-refractivity contribution in [3.8, 4) is 0 Å². The minimum atomic E-state index is -0.893. The Bertz CT molecular complexity index is 979. The van der Waals surface area contributed by atoms with E-state index in [4.69, 9.17) is 4.74 Å². The molecule has 1 saturated carbocycles. The van der Waals surface area contributed by atoms with Gasteiger partial charge in [0.2, 0.25) is 11.8 Å². The Morgan fingerprint density at radius 2 is 1.86 bits per heavy atom. The standard InChI is InChI=1S/C27H41N5O5/c1-7-16(3)20(30-23(33)19-14-28-12-13-29-19)24(34)31-22(27(4,5)6)25(35)32-15-17-10-9-11-18(17)21(32)26(36)37-8-2/h12-14,16-18,20-22H,7-11,15H2,1-6H3,(H,30,33)(H,31,34)/t16?,17-,18?,20-,21-,22+/m0/s1. The molecule has 2 N–H and O–H groups in total. The van der Waals surface area contributed by atoms with Gasteiger partial charge in [0, 0.05) is 18.9 Å². The van der Waals surface area contributed by atoms with E-state index in [0.717, 1.165) is 19.3 Å². The molecule has 0 spiro atoms. The number of likely N-dealkylation sites (tertiary alicyclic amines) is 1. The minimum Gasteiger partial charge on any atom is -0.464 e. The van der Waals surface area contributed by atoms with Crippen molar-refractivity contribution in [3.63, 3.8) is 0 Å². The average molecular weight is 516 g/mol. The first-order chi connectivity index (χ1) is 17.5. The summed E-state index contributed by atoms with van der Waals surface area (Å²) in [6.45, 7) is 11.9. The van der Waals surface area contributed by atoms with Gasteiger partial charge in [-0.05, 0) is 42.9 Å². The SMILES string of the molecule is CCOC(=O)[C@@H]1C2CCC[C@H]2CN1C(=O)[C@@H](NC(=O)[C@@H](NC(=O)c1cnccn1)C(C)CC)C(C)(C)C. The number of hydrogen-bond donors (Lipinski definition) is 2.